The van der Waals surface area contributed by atoms with E-state index in [4.69, 9.17) is 4.74 Å². The number of hydrogen-bond acceptors (Lipinski definition) is 5. The van der Waals surface area contributed by atoms with Crippen LogP contribution in [0, 0.1) is 11.8 Å². The van der Waals surface area contributed by atoms with Gasteiger partial charge in [-0.25, -0.2) is 0 Å². The fourth-order valence-corrected chi connectivity index (χ4v) is 6.78. The van der Waals surface area contributed by atoms with E-state index in [0.29, 0.717) is 32.6 Å². The van der Waals surface area contributed by atoms with Crippen molar-refractivity contribution in [1.29, 1.82) is 0 Å². The van der Waals surface area contributed by atoms with Gasteiger partial charge in [-0.2, -0.15) is 0 Å². The lowest BCUT2D eigenvalue weighted by Gasteiger charge is -2.40. The number of ether oxygens (including phenoxy) is 1. The lowest BCUT2D eigenvalue weighted by Crippen LogP contribution is -2.58. The highest BCUT2D eigenvalue weighted by Gasteiger charge is 2.75. The van der Waals surface area contributed by atoms with Gasteiger partial charge >= 0.3 is 0 Å². The van der Waals surface area contributed by atoms with E-state index in [1.54, 1.807) is 16.7 Å². The zero-order chi connectivity index (χ0) is 26.4. The van der Waals surface area contributed by atoms with Gasteiger partial charge in [0.2, 0.25) is 17.7 Å². The lowest BCUT2D eigenvalue weighted by atomic mass is 9.73. The Hall–Kier alpha value is -2.97. The van der Waals surface area contributed by atoms with Crippen LogP contribution < -0.4 is 0 Å². The summed E-state index contributed by atoms with van der Waals surface area (Å²) >= 11 is 0. The summed E-state index contributed by atoms with van der Waals surface area (Å²) in [6.45, 7) is 7.26. The lowest BCUT2D eigenvalue weighted by molar-refractivity contribution is -0.157. The maximum atomic E-state index is 14.3. The maximum absolute atomic E-state index is 14.3. The molecular formula is C29H37N3O5. The fourth-order valence-electron chi connectivity index (χ4n) is 6.78. The van der Waals surface area contributed by atoms with E-state index >= 15 is 0 Å². The highest BCUT2D eigenvalue weighted by molar-refractivity contribution is 6.00. The number of hydrogen-bond donors (Lipinski definition) is 1. The second-order valence-corrected chi connectivity index (χ2v) is 10.7. The van der Waals surface area contributed by atoms with E-state index in [9.17, 15) is 19.5 Å². The van der Waals surface area contributed by atoms with Crippen LogP contribution in [0.1, 0.15) is 39.2 Å². The number of fused-ring (bicyclic) bond motifs is 2. The van der Waals surface area contributed by atoms with E-state index in [1.807, 2.05) is 68.5 Å². The van der Waals surface area contributed by atoms with E-state index in [2.05, 4.69) is 0 Å². The monoisotopic (exact) mass is 507 g/mol. The highest BCUT2D eigenvalue weighted by Crippen LogP contribution is 2.58. The quantitative estimate of drug-likeness (QED) is 0.571. The topological polar surface area (TPSA) is 90.4 Å². The van der Waals surface area contributed by atoms with Crippen molar-refractivity contribution in [3.63, 3.8) is 0 Å². The third kappa shape index (κ3) is 3.84. The molecule has 37 heavy (non-hydrogen) atoms. The Kier molecular flexibility index (Phi) is 6.75. The predicted octanol–water partition coefficient (Wildman–Crippen LogP) is 2.14. The van der Waals surface area contributed by atoms with Crippen LogP contribution in [0.25, 0.3) is 0 Å². The summed E-state index contributed by atoms with van der Waals surface area (Å²) in [6, 6.07) is 8.17. The molecule has 2 fully saturated rings. The third-order valence-electron chi connectivity index (χ3n) is 8.49. The van der Waals surface area contributed by atoms with Gasteiger partial charge in [0.25, 0.3) is 0 Å². The van der Waals surface area contributed by atoms with Crippen LogP contribution in [0.5, 0.6) is 0 Å². The van der Waals surface area contributed by atoms with Gasteiger partial charge in [0.15, 0.2) is 0 Å². The molecule has 1 aromatic carbocycles. The highest BCUT2D eigenvalue weighted by atomic mass is 16.5. The smallest absolute Gasteiger partial charge is 0.249 e. The molecule has 1 N–H and O–H groups in total. The molecular weight excluding hydrogens is 470 g/mol. The van der Waals surface area contributed by atoms with Gasteiger partial charge in [-0.15, -0.1) is 0 Å². The molecule has 4 heterocycles. The van der Waals surface area contributed by atoms with E-state index < -0.39 is 35.1 Å². The van der Waals surface area contributed by atoms with Crippen LogP contribution in [0.3, 0.4) is 0 Å². The van der Waals surface area contributed by atoms with Gasteiger partial charge < -0.3 is 24.5 Å². The molecule has 6 atom stereocenters. The van der Waals surface area contributed by atoms with Crippen LogP contribution in [-0.2, 0) is 25.7 Å². The molecule has 1 unspecified atom stereocenters. The van der Waals surface area contributed by atoms with Crippen molar-refractivity contribution in [1.82, 2.24) is 14.7 Å². The molecule has 4 aliphatic rings. The van der Waals surface area contributed by atoms with Crippen molar-refractivity contribution >= 4 is 17.7 Å². The number of aliphatic hydroxyl groups excluding tert-OH is 1. The Balaban J connectivity index is 1.63. The van der Waals surface area contributed by atoms with E-state index in [-0.39, 0.29) is 24.3 Å². The number of rotatable bonds is 7. The van der Waals surface area contributed by atoms with Gasteiger partial charge in [-0.3, -0.25) is 14.4 Å². The first-order chi connectivity index (χ1) is 17.8. The molecule has 1 spiro atoms. The molecule has 3 amide bonds. The van der Waals surface area contributed by atoms with Crippen molar-refractivity contribution in [2.45, 2.75) is 63.4 Å². The minimum atomic E-state index is -1.29. The van der Waals surface area contributed by atoms with Gasteiger partial charge in [-0.05, 0) is 25.3 Å². The molecule has 198 valence electrons. The van der Waals surface area contributed by atoms with Crippen molar-refractivity contribution < 1.29 is 24.2 Å². The summed E-state index contributed by atoms with van der Waals surface area (Å²) in [5.41, 5.74) is -1.29. The molecule has 0 aromatic heterocycles. The number of aliphatic hydroxyl groups is 1. The zero-order valence-electron chi connectivity index (χ0n) is 21.9. The third-order valence-corrected chi connectivity index (χ3v) is 8.49. The Morgan fingerprint density at radius 2 is 1.68 bits per heavy atom. The predicted molar refractivity (Wildman–Crippen MR) is 138 cm³/mol. The van der Waals surface area contributed by atoms with Crippen LogP contribution >= 0.6 is 0 Å². The molecule has 8 heteroatoms. The summed E-state index contributed by atoms with van der Waals surface area (Å²) in [6.07, 6.45) is 8.99. The normalized spacial score (nSPS) is 33.8. The number of carbonyl (C=O) groups is 3. The van der Waals surface area contributed by atoms with Crippen molar-refractivity contribution in [2.24, 2.45) is 11.8 Å². The molecule has 1 aromatic rings. The minimum Gasteiger partial charge on any atom is -0.394 e. The number of benzene rings is 1. The molecule has 0 aliphatic carbocycles. The first-order valence-electron chi connectivity index (χ1n) is 13.4. The van der Waals surface area contributed by atoms with E-state index in [1.165, 1.54) is 4.90 Å². The second kappa shape index (κ2) is 9.72. The summed E-state index contributed by atoms with van der Waals surface area (Å²) in [7, 11) is 0. The molecule has 0 saturated carbocycles. The molecule has 0 radical (unpaired) electrons. The van der Waals surface area contributed by atoms with Gasteiger partial charge in [0.1, 0.15) is 11.6 Å². The first-order valence-corrected chi connectivity index (χ1v) is 13.4. The Bertz CT molecular complexity index is 1120. The van der Waals surface area contributed by atoms with Gasteiger partial charge in [0.05, 0.1) is 30.1 Å². The van der Waals surface area contributed by atoms with Gasteiger partial charge in [0, 0.05) is 26.2 Å². The maximum Gasteiger partial charge on any atom is 0.249 e. The average molecular weight is 508 g/mol. The second-order valence-electron chi connectivity index (χ2n) is 10.7. The SMILES string of the molecule is CCCN1CC=C[C@@]2(CC)O[C@]34C=CCN(Cc5ccccc5)C(=O)C3N([C@H](C)CO)C(=O)[C@@H]4[C@H]2C1=O. The molecule has 4 aliphatic heterocycles. The largest absolute Gasteiger partial charge is 0.394 e. The number of likely N-dealkylation sites (tertiary alicyclic amines) is 1. The van der Waals surface area contributed by atoms with Gasteiger partial charge in [-0.1, -0.05) is 68.5 Å². The molecule has 8 nitrogen and oxygen atoms in total. The number of amides is 3. The molecule has 5 rings (SSSR count). The molecule has 2 saturated heterocycles. The summed E-state index contributed by atoms with van der Waals surface area (Å²) in [5.74, 6) is -2.22. The first kappa shape index (κ1) is 25.7. The Labute approximate surface area is 218 Å². The van der Waals surface area contributed by atoms with Crippen LogP contribution in [0.15, 0.2) is 54.6 Å². The summed E-state index contributed by atoms with van der Waals surface area (Å²) < 4.78 is 6.93. The average Bonchev–Trinajstić information content (AvgIpc) is 3.21. The Morgan fingerprint density at radius 3 is 2.35 bits per heavy atom. The van der Waals surface area contributed by atoms with Crippen molar-refractivity contribution in [3.05, 3.63) is 60.2 Å². The van der Waals surface area contributed by atoms with Crippen molar-refractivity contribution in [3.8, 4) is 0 Å². The summed E-state index contributed by atoms with van der Waals surface area (Å²) in [4.78, 5) is 47.6. The van der Waals surface area contributed by atoms with Crippen LogP contribution in [0.4, 0.5) is 0 Å². The van der Waals surface area contributed by atoms with Crippen LogP contribution in [0.2, 0.25) is 0 Å². The number of carbonyl (C=O) groups excluding carboxylic acids is 3. The summed E-state index contributed by atoms with van der Waals surface area (Å²) in [5, 5.41) is 10.1. The zero-order valence-corrected chi connectivity index (χ0v) is 21.9. The minimum absolute atomic E-state index is 0.104. The number of nitrogens with zero attached hydrogens (tertiary/aromatic N) is 3. The van der Waals surface area contributed by atoms with E-state index in [0.717, 1.165) is 12.0 Å². The molecule has 0 bridgehead atoms. The van der Waals surface area contributed by atoms with Crippen molar-refractivity contribution in [2.75, 3.05) is 26.2 Å². The Morgan fingerprint density at radius 1 is 0.973 bits per heavy atom. The van der Waals surface area contributed by atoms with Crippen LogP contribution in [-0.4, -0.2) is 87.1 Å². The standard InChI is InChI=1S/C29H37N3O5/c1-4-15-30-16-9-13-28(5-2)22(25(30)34)23-26(35)32(20(3)19-33)24-27(36)31(17-10-14-29(23,24)37-28)18-21-11-7-6-8-12-21/h6-14,20,22-24,33H,4-5,15-19H2,1-3H3/t20-,22+,23+,24?,28-,29+/m1/s1. The fraction of sp³-hybridized carbons (Fsp3) is 0.552.